The van der Waals surface area contributed by atoms with Gasteiger partial charge >= 0.3 is 0 Å². The molecule has 2 aromatic heterocycles. The predicted octanol–water partition coefficient (Wildman–Crippen LogP) is 2.17. The molecular weight excluding hydrogens is 222 g/mol. The second-order valence-corrected chi connectivity index (χ2v) is 4.24. The second kappa shape index (κ2) is 4.24. The van der Waals surface area contributed by atoms with E-state index in [0.717, 1.165) is 5.69 Å². The Hall–Kier alpha value is -2.00. The summed E-state index contributed by atoms with van der Waals surface area (Å²) in [5.74, 6) is 1.41. The molecule has 80 valence electrons. The third kappa shape index (κ3) is 2.32. The van der Waals surface area contributed by atoms with Crippen molar-refractivity contribution >= 4 is 22.3 Å². The highest BCUT2D eigenvalue weighted by Crippen LogP contribution is 2.20. The Labute approximate surface area is 96.8 Å². The Balaban J connectivity index is 2.23. The predicted molar refractivity (Wildman–Crippen MR) is 61.6 cm³/mol. The van der Waals surface area contributed by atoms with Crippen LogP contribution in [0.15, 0.2) is 12.3 Å². The highest BCUT2D eigenvalue weighted by molar-refractivity contribution is 7.16. The number of aryl methyl sites for hydroxylation is 2. The van der Waals surface area contributed by atoms with E-state index in [1.807, 2.05) is 26.0 Å². The molecule has 0 unspecified atom stereocenters. The number of nitrogens with one attached hydrogen (secondary N) is 1. The summed E-state index contributed by atoms with van der Waals surface area (Å²) in [7, 11) is 0. The van der Waals surface area contributed by atoms with Crippen molar-refractivity contribution in [3.63, 3.8) is 0 Å². The van der Waals surface area contributed by atoms with Crippen molar-refractivity contribution in [2.45, 2.75) is 13.8 Å². The molecule has 1 N–H and O–H groups in total. The van der Waals surface area contributed by atoms with Gasteiger partial charge in [0.15, 0.2) is 5.13 Å². The first-order valence-corrected chi connectivity index (χ1v) is 5.44. The van der Waals surface area contributed by atoms with E-state index >= 15 is 0 Å². The van der Waals surface area contributed by atoms with Gasteiger partial charge in [0.2, 0.25) is 0 Å². The normalized spacial score (nSPS) is 9.81. The van der Waals surface area contributed by atoms with E-state index < -0.39 is 0 Å². The average molecular weight is 231 g/mol. The summed E-state index contributed by atoms with van der Waals surface area (Å²) < 4.78 is 0. The summed E-state index contributed by atoms with van der Waals surface area (Å²) in [5, 5.41) is 12.4. The fourth-order valence-electron chi connectivity index (χ4n) is 1.27. The molecule has 16 heavy (non-hydrogen) atoms. The zero-order valence-corrected chi connectivity index (χ0v) is 9.67. The van der Waals surface area contributed by atoms with E-state index in [-0.39, 0.29) is 0 Å². The van der Waals surface area contributed by atoms with Gasteiger partial charge in [-0.05, 0) is 13.8 Å². The van der Waals surface area contributed by atoms with E-state index in [1.54, 1.807) is 0 Å². The Morgan fingerprint density at radius 1 is 1.38 bits per heavy atom. The second-order valence-electron chi connectivity index (χ2n) is 3.21. The molecule has 0 saturated carbocycles. The molecule has 0 aliphatic carbocycles. The molecule has 0 saturated heterocycles. The molecule has 0 fully saturated rings. The van der Waals surface area contributed by atoms with Crippen LogP contribution in [-0.4, -0.2) is 15.0 Å². The molecule has 2 heterocycles. The summed E-state index contributed by atoms with van der Waals surface area (Å²) in [6.07, 6.45) is 1.54. The number of nitrogens with zero attached hydrogens (tertiary/aromatic N) is 4. The maximum Gasteiger partial charge on any atom is 0.189 e. The summed E-state index contributed by atoms with van der Waals surface area (Å²) in [4.78, 5) is 13.0. The summed E-state index contributed by atoms with van der Waals surface area (Å²) in [6.45, 7) is 3.74. The van der Waals surface area contributed by atoms with Crippen molar-refractivity contribution in [2.75, 3.05) is 5.32 Å². The van der Waals surface area contributed by atoms with Crippen molar-refractivity contribution in [3.8, 4) is 6.07 Å². The molecule has 0 bridgehead atoms. The van der Waals surface area contributed by atoms with Crippen LogP contribution in [0.2, 0.25) is 0 Å². The van der Waals surface area contributed by atoms with E-state index in [9.17, 15) is 0 Å². The largest absolute Gasteiger partial charge is 0.316 e. The number of thiazole rings is 1. The molecule has 2 rings (SSSR count). The molecule has 0 amide bonds. The minimum atomic E-state index is 0.574. The van der Waals surface area contributed by atoms with Crippen LogP contribution < -0.4 is 5.32 Å². The van der Waals surface area contributed by atoms with Crippen LogP contribution in [0.1, 0.15) is 16.4 Å². The molecule has 0 aromatic carbocycles. The topological polar surface area (TPSA) is 74.5 Å². The number of hydrogen-bond donors (Lipinski definition) is 1. The average Bonchev–Trinajstić information content (AvgIpc) is 2.64. The summed E-state index contributed by atoms with van der Waals surface area (Å²) in [6, 6.07) is 3.87. The van der Waals surface area contributed by atoms with E-state index in [0.29, 0.717) is 21.7 Å². The Bertz CT molecular complexity index is 534. The zero-order valence-electron chi connectivity index (χ0n) is 8.85. The molecular formula is C10H9N5S. The van der Waals surface area contributed by atoms with Gasteiger partial charge in [-0.2, -0.15) is 5.26 Å². The number of anilines is 2. The summed E-state index contributed by atoms with van der Waals surface area (Å²) >= 11 is 1.30. The highest BCUT2D eigenvalue weighted by Gasteiger charge is 2.03. The molecule has 0 atom stereocenters. The number of aromatic nitrogens is 3. The van der Waals surface area contributed by atoms with E-state index in [1.165, 1.54) is 17.5 Å². The monoisotopic (exact) mass is 231 g/mol. The molecule has 6 heteroatoms. The first kappa shape index (κ1) is 10.5. The zero-order chi connectivity index (χ0) is 11.5. The Morgan fingerprint density at radius 2 is 2.19 bits per heavy atom. The van der Waals surface area contributed by atoms with Gasteiger partial charge in [-0.15, -0.1) is 0 Å². The molecule has 5 nitrogen and oxygen atoms in total. The van der Waals surface area contributed by atoms with Crippen LogP contribution in [0.4, 0.5) is 10.9 Å². The molecule has 0 radical (unpaired) electrons. The number of nitriles is 1. The van der Waals surface area contributed by atoms with Gasteiger partial charge in [0.1, 0.15) is 22.6 Å². The molecule has 2 aromatic rings. The summed E-state index contributed by atoms with van der Waals surface area (Å²) in [5.41, 5.74) is 0.895. The van der Waals surface area contributed by atoms with Gasteiger partial charge in [0.05, 0.1) is 6.20 Å². The quantitative estimate of drug-likeness (QED) is 0.857. The Kier molecular flexibility index (Phi) is 2.79. The lowest BCUT2D eigenvalue weighted by atomic mass is 10.4. The number of hydrogen-bond acceptors (Lipinski definition) is 6. The van der Waals surface area contributed by atoms with Gasteiger partial charge in [-0.1, -0.05) is 11.3 Å². The van der Waals surface area contributed by atoms with Crippen LogP contribution in [0.25, 0.3) is 0 Å². The third-order valence-electron chi connectivity index (χ3n) is 1.82. The first-order chi connectivity index (χ1) is 7.67. The SMILES string of the molecule is Cc1cc(Nc2ncc(C#N)s2)nc(C)n1. The van der Waals surface area contributed by atoms with Crippen molar-refractivity contribution in [1.82, 2.24) is 15.0 Å². The van der Waals surface area contributed by atoms with Crippen LogP contribution in [0, 0.1) is 25.2 Å². The van der Waals surface area contributed by atoms with Crippen LogP contribution in [0.3, 0.4) is 0 Å². The smallest absolute Gasteiger partial charge is 0.189 e. The van der Waals surface area contributed by atoms with Gasteiger partial charge in [-0.25, -0.2) is 15.0 Å². The standard InChI is InChI=1S/C10H9N5S/c1-6-3-9(14-7(2)13-6)15-10-12-5-8(4-11)16-10/h3,5H,1-2H3,(H,12,13,14,15). The Morgan fingerprint density at radius 3 is 2.81 bits per heavy atom. The van der Waals surface area contributed by atoms with Crippen LogP contribution in [-0.2, 0) is 0 Å². The highest BCUT2D eigenvalue weighted by atomic mass is 32.1. The van der Waals surface area contributed by atoms with Crippen molar-refractivity contribution in [2.24, 2.45) is 0 Å². The third-order valence-corrected chi connectivity index (χ3v) is 2.63. The lowest BCUT2D eigenvalue weighted by Gasteiger charge is -2.03. The van der Waals surface area contributed by atoms with Gasteiger partial charge in [0, 0.05) is 11.8 Å². The van der Waals surface area contributed by atoms with E-state index in [4.69, 9.17) is 5.26 Å². The first-order valence-electron chi connectivity index (χ1n) is 4.62. The molecule has 0 aliphatic heterocycles. The van der Waals surface area contributed by atoms with Crippen molar-refractivity contribution in [3.05, 3.63) is 28.7 Å². The maximum absolute atomic E-state index is 8.67. The fraction of sp³-hybridized carbons (Fsp3) is 0.200. The minimum absolute atomic E-state index is 0.574. The maximum atomic E-state index is 8.67. The van der Waals surface area contributed by atoms with Gasteiger partial charge in [-0.3, -0.25) is 0 Å². The molecule has 0 aliphatic rings. The van der Waals surface area contributed by atoms with Crippen molar-refractivity contribution < 1.29 is 0 Å². The van der Waals surface area contributed by atoms with Crippen LogP contribution >= 0.6 is 11.3 Å². The van der Waals surface area contributed by atoms with Gasteiger partial charge in [0.25, 0.3) is 0 Å². The number of rotatable bonds is 2. The fourth-order valence-corrected chi connectivity index (χ4v) is 1.89. The molecule has 0 spiro atoms. The lowest BCUT2D eigenvalue weighted by Crippen LogP contribution is -1.98. The van der Waals surface area contributed by atoms with Crippen LogP contribution in [0.5, 0.6) is 0 Å². The minimum Gasteiger partial charge on any atom is -0.316 e. The van der Waals surface area contributed by atoms with Gasteiger partial charge < -0.3 is 5.32 Å². The lowest BCUT2D eigenvalue weighted by molar-refractivity contribution is 1.01. The van der Waals surface area contributed by atoms with Crippen molar-refractivity contribution in [1.29, 1.82) is 5.26 Å². The van der Waals surface area contributed by atoms with E-state index in [2.05, 4.69) is 20.3 Å².